The molecule has 6 heteroatoms. The summed E-state index contributed by atoms with van der Waals surface area (Å²) in [5.41, 5.74) is 0.653. The minimum absolute atomic E-state index is 0.0870. The molecule has 1 unspecified atom stereocenters. The van der Waals surface area contributed by atoms with Crippen LogP contribution in [0.25, 0.3) is 0 Å². The van der Waals surface area contributed by atoms with Gasteiger partial charge in [0.1, 0.15) is 0 Å². The summed E-state index contributed by atoms with van der Waals surface area (Å²) in [6.45, 7) is 0. The molecule has 0 saturated carbocycles. The number of rotatable bonds is 3. The van der Waals surface area contributed by atoms with Crippen LogP contribution in [0.3, 0.4) is 0 Å². The first-order valence-electron chi connectivity index (χ1n) is 6.14. The summed E-state index contributed by atoms with van der Waals surface area (Å²) in [6, 6.07) is 7.70. The minimum atomic E-state index is -1.32. The summed E-state index contributed by atoms with van der Waals surface area (Å²) >= 11 is 0. The first-order valence-corrected chi connectivity index (χ1v) is 7.87. The van der Waals surface area contributed by atoms with Crippen LogP contribution in [0.1, 0.15) is 42.6 Å². The molecule has 0 saturated heterocycles. The molecular formula is C15H10O5S. The highest BCUT2D eigenvalue weighted by atomic mass is 32.2. The molecule has 5 nitrogen and oxygen atoms in total. The van der Waals surface area contributed by atoms with Crippen LogP contribution in [0.4, 0.5) is 0 Å². The van der Waals surface area contributed by atoms with Crippen molar-refractivity contribution >= 4 is 28.1 Å². The van der Waals surface area contributed by atoms with Crippen molar-refractivity contribution in [3.05, 3.63) is 58.5 Å². The number of fused-ring (bicyclic) bond motifs is 2. The van der Waals surface area contributed by atoms with Gasteiger partial charge in [0.05, 0.1) is 11.3 Å². The van der Waals surface area contributed by atoms with E-state index in [1.54, 1.807) is 24.3 Å². The van der Waals surface area contributed by atoms with Crippen LogP contribution in [0.15, 0.2) is 34.7 Å². The van der Waals surface area contributed by atoms with Gasteiger partial charge in [-0.1, -0.05) is 24.3 Å². The molecule has 1 heterocycles. The Labute approximate surface area is 122 Å². The summed E-state index contributed by atoms with van der Waals surface area (Å²) in [5.74, 6) is -1.69. The molecule has 0 amide bonds. The van der Waals surface area contributed by atoms with Crippen molar-refractivity contribution in [1.82, 2.24) is 0 Å². The molecule has 1 aliphatic rings. The molecule has 3 rings (SSSR count). The van der Waals surface area contributed by atoms with E-state index < -0.39 is 22.4 Å². The molecule has 0 radical (unpaired) electrons. The zero-order valence-corrected chi connectivity index (χ0v) is 11.9. The molecule has 0 aliphatic heterocycles. The highest BCUT2D eigenvalue weighted by Crippen LogP contribution is 2.29. The first-order chi connectivity index (χ1) is 9.99. The van der Waals surface area contributed by atoms with Gasteiger partial charge in [-0.2, -0.15) is 0 Å². The third kappa shape index (κ3) is 2.17. The van der Waals surface area contributed by atoms with Crippen LogP contribution < -0.4 is 0 Å². The van der Waals surface area contributed by atoms with Crippen LogP contribution >= 0.6 is 0 Å². The number of ketones is 3. The van der Waals surface area contributed by atoms with Crippen molar-refractivity contribution in [1.29, 1.82) is 0 Å². The predicted octanol–water partition coefficient (Wildman–Crippen LogP) is 1.62. The zero-order chi connectivity index (χ0) is 15.1. The monoisotopic (exact) mass is 302 g/mol. The first kappa shape index (κ1) is 13.6. The number of carbonyl (C=O) groups is 3. The fourth-order valence-corrected chi connectivity index (χ4v) is 2.78. The van der Waals surface area contributed by atoms with E-state index in [1.165, 1.54) is 12.3 Å². The predicted molar refractivity (Wildman–Crippen MR) is 75.3 cm³/mol. The Kier molecular flexibility index (Phi) is 3.17. The molecule has 0 fully saturated rings. The van der Waals surface area contributed by atoms with E-state index in [2.05, 4.69) is 0 Å². The Morgan fingerprint density at radius 3 is 2.33 bits per heavy atom. The molecule has 1 aromatic carbocycles. The molecule has 1 atom stereocenters. The number of benzene rings is 1. The van der Waals surface area contributed by atoms with E-state index in [9.17, 15) is 18.6 Å². The van der Waals surface area contributed by atoms with Crippen molar-refractivity contribution in [2.24, 2.45) is 0 Å². The summed E-state index contributed by atoms with van der Waals surface area (Å²) in [5, 5.41) is 0. The van der Waals surface area contributed by atoms with Gasteiger partial charge in [0, 0.05) is 28.2 Å². The number of hydrogen-bond donors (Lipinski definition) is 0. The normalized spacial score (nSPS) is 14.5. The molecule has 1 aromatic heterocycles. The van der Waals surface area contributed by atoms with E-state index in [1.807, 2.05) is 0 Å². The van der Waals surface area contributed by atoms with Gasteiger partial charge in [-0.15, -0.1) is 0 Å². The van der Waals surface area contributed by atoms with Gasteiger partial charge in [-0.05, 0) is 6.07 Å². The average molecular weight is 302 g/mol. The fourth-order valence-electron chi connectivity index (χ4n) is 2.27. The molecule has 0 spiro atoms. The van der Waals surface area contributed by atoms with Gasteiger partial charge in [0.25, 0.3) is 0 Å². The average Bonchev–Trinajstić information content (AvgIpc) is 2.90. The molecule has 0 bridgehead atoms. The van der Waals surface area contributed by atoms with Crippen molar-refractivity contribution in [2.75, 3.05) is 12.0 Å². The van der Waals surface area contributed by atoms with E-state index in [0.29, 0.717) is 5.56 Å². The largest absolute Gasteiger partial charge is 0.449 e. The molecule has 1 aliphatic carbocycles. The maximum atomic E-state index is 12.3. The molecule has 2 aromatic rings. The summed E-state index contributed by atoms with van der Waals surface area (Å²) in [7, 11) is -1.32. The van der Waals surface area contributed by atoms with Gasteiger partial charge >= 0.3 is 0 Å². The minimum Gasteiger partial charge on any atom is -0.449 e. The Hall–Kier alpha value is -2.34. The van der Waals surface area contributed by atoms with Gasteiger partial charge in [0.15, 0.2) is 17.3 Å². The second-order valence-corrected chi connectivity index (χ2v) is 6.13. The topological polar surface area (TPSA) is 81.4 Å². The van der Waals surface area contributed by atoms with Gasteiger partial charge in [0.2, 0.25) is 11.6 Å². The summed E-state index contributed by atoms with van der Waals surface area (Å²) < 4.78 is 16.3. The lowest BCUT2D eigenvalue weighted by molar-refractivity contribution is 0.0948. The van der Waals surface area contributed by atoms with Crippen LogP contribution in [0, 0.1) is 0 Å². The summed E-state index contributed by atoms with van der Waals surface area (Å²) in [4.78, 5) is 36.5. The van der Waals surface area contributed by atoms with E-state index in [4.69, 9.17) is 4.42 Å². The second kappa shape index (κ2) is 4.89. The molecule has 0 N–H and O–H groups in total. The molecular weight excluding hydrogens is 292 g/mol. The SMILES string of the molecule is CS(=O)CC(=O)c1cc2c(o1)C(=O)c1ccccc1C2=O. The van der Waals surface area contributed by atoms with Gasteiger partial charge in [-0.3, -0.25) is 18.6 Å². The maximum absolute atomic E-state index is 12.3. The number of hydrogen-bond acceptors (Lipinski definition) is 5. The summed E-state index contributed by atoms with van der Waals surface area (Å²) in [6.07, 6.45) is 1.40. The van der Waals surface area contributed by atoms with Crippen LogP contribution in [-0.2, 0) is 10.8 Å². The highest BCUT2D eigenvalue weighted by Gasteiger charge is 2.34. The lowest BCUT2D eigenvalue weighted by atomic mass is 9.88. The second-order valence-electron chi connectivity index (χ2n) is 4.70. The van der Waals surface area contributed by atoms with Crippen molar-refractivity contribution in [2.45, 2.75) is 0 Å². The quantitative estimate of drug-likeness (QED) is 0.687. The van der Waals surface area contributed by atoms with Crippen LogP contribution in [0.5, 0.6) is 0 Å². The Balaban J connectivity index is 2.09. The van der Waals surface area contributed by atoms with E-state index in [0.717, 1.165) is 0 Å². The smallest absolute Gasteiger partial charge is 0.229 e. The van der Waals surface area contributed by atoms with E-state index >= 15 is 0 Å². The molecule has 106 valence electrons. The lowest BCUT2D eigenvalue weighted by Crippen LogP contribution is -2.18. The Morgan fingerprint density at radius 2 is 1.71 bits per heavy atom. The zero-order valence-electron chi connectivity index (χ0n) is 11.0. The number of furan rings is 1. The third-order valence-corrected chi connectivity index (χ3v) is 3.88. The molecule has 21 heavy (non-hydrogen) atoms. The van der Waals surface area contributed by atoms with Crippen molar-refractivity contribution in [3.63, 3.8) is 0 Å². The van der Waals surface area contributed by atoms with Gasteiger partial charge < -0.3 is 4.42 Å². The number of carbonyl (C=O) groups excluding carboxylic acids is 3. The standard InChI is InChI=1S/C15H10O5S/c1-21(19)7-11(16)12-6-10-13(17)8-4-2-3-5-9(8)14(18)15(10)20-12/h2-6H,7H2,1H3. The lowest BCUT2D eigenvalue weighted by Gasteiger charge is -2.11. The Morgan fingerprint density at radius 1 is 1.10 bits per heavy atom. The van der Waals surface area contributed by atoms with Crippen molar-refractivity contribution < 1.29 is 23.0 Å². The van der Waals surface area contributed by atoms with E-state index in [-0.39, 0.29) is 34.2 Å². The Bertz CT molecular complexity index is 763. The van der Waals surface area contributed by atoms with Gasteiger partial charge in [-0.25, -0.2) is 0 Å². The van der Waals surface area contributed by atoms with Crippen LogP contribution in [0.2, 0.25) is 0 Å². The highest BCUT2D eigenvalue weighted by molar-refractivity contribution is 7.85. The third-order valence-electron chi connectivity index (χ3n) is 3.21. The van der Waals surface area contributed by atoms with Crippen molar-refractivity contribution in [3.8, 4) is 0 Å². The fraction of sp³-hybridized carbons (Fsp3) is 0.133. The number of Topliss-reactive ketones (excluding diaryl/α,β-unsaturated/α-hetero) is 1. The van der Waals surface area contributed by atoms with Crippen LogP contribution in [-0.4, -0.2) is 33.6 Å². The maximum Gasteiger partial charge on any atom is 0.229 e.